The fraction of sp³-hybridized carbons (Fsp3) is 0.286. The van der Waals surface area contributed by atoms with Crippen LogP contribution in [0.3, 0.4) is 0 Å². The van der Waals surface area contributed by atoms with Crippen LogP contribution in [0.25, 0.3) is 0 Å². The maximum absolute atomic E-state index is 14.0. The average Bonchev–Trinajstić information content (AvgIpc) is 2.75. The number of anilines is 3. The molecule has 1 fully saturated rings. The highest BCUT2D eigenvalue weighted by Gasteiger charge is 2.21. The Balaban J connectivity index is 1.42. The first-order valence-electron chi connectivity index (χ1n) is 9.40. The summed E-state index contributed by atoms with van der Waals surface area (Å²) in [5, 5.41) is 8.33. The number of halogens is 1. The lowest BCUT2D eigenvalue weighted by molar-refractivity contribution is 0.595. The Labute approximate surface area is 164 Å². The van der Waals surface area contributed by atoms with Crippen LogP contribution in [0.5, 0.6) is 0 Å². The van der Waals surface area contributed by atoms with Crippen LogP contribution in [0.2, 0.25) is 0 Å². The van der Waals surface area contributed by atoms with Gasteiger partial charge in [-0.05, 0) is 17.7 Å². The molecule has 28 heavy (non-hydrogen) atoms. The standard InChI is InChI=1S/C21H23FN6/c1-26(16-17-7-3-2-4-8-17)21-24-20(15-23-25-21)28-13-11-27(12-14-28)19-10-6-5-9-18(19)22/h2-10,15H,11-14,16H2,1H3. The highest BCUT2D eigenvalue weighted by molar-refractivity contribution is 5.50. The van der Waals surface area contributed by atoms with E-state index >= 15 is 0 Å². The largest absolute Gasteiger partial charge is 0.366 e. The molecular weight excluding hydrogens is 355 g/mol. The van der Waals surface area contributed by atoms with E-state index in [0.29, 0.717) is 18.2 Å². The Morgan fingerprint density at radius 1 is 0.929 bits per heavy atom. The Kier molecular flexibility index (Phi) is 5.32. The summed E-state index contributed by atoms with van der Waals surface area (Å²) in [6.07, 6.45) is 1.69. The van der Waals surface area contributed by atoms with Gasteiger partial charge < -0.3 is 14.7 Å². The molecule has 1 aliphatic rings. The number of hydrogen-bond donors (Lipinski definition) is 0. The normalized spacial score (nSPS) is 14.2. The molecular formula is C21H23FN6. The zero-order valence-electron chi connectivity index (χ0n) is 15.9. The van der Waals surface area contributed by atoms with Crippen LogP contribution in [-0.2, 0) is 6.54 Å². The highest BCUT2D eigenvalue weighted by Crippen LogP contribution is 2.22. The van der Waals surface area contributed by atoms with Gasteiger partial charge in [0.2, 0.25) is 5.95 Å². The fourth-order valence-corrected chi connectivity index (χ4v) is 3.41. The van der Waals surface area contributed by atoms with Gasteiger partial charge in [-0.2, -0.15) is 10.1 Å². The first-order valence-corrected chi connectivity index (χ1v) is 9.40. The van der Waals surface area contributed by atoms with Gasteiger partial charge in [0.1, 0.15) is 5.82 Å². The van der Waals surface area contributed by atoms with Gasteiger partial charge >= 0.3 is 0 Å². The van der Waals surface area contributed by atoms with Crippen LogP contribution in [0.1, 0.15) is 5.56 Å². The highest BCUT2D eigenvalue weighted by atomic mass is 19.1. The van der Waals surface area contributed by atoms with E-state index in [2.05, 4.69) is 32.1 Å². The summed E-state index contributed by atoms with van der Waals surface area (Å²) in [6, 6.07) is 17.1. The molecule has 1 aromatic heterocycles. The first-order chi connectivity index (χ1) is 13.7. The second-order valence-electron chi connectivity index (χ2n) is 6.88. The van der Waals surface area contributed by atoms with Gasteiger partial charge in [-0.25, -0.2) is 4.39 Å². The number of para-hydroxylation sites is 1. The van der Waals surface area contributed by atoms with E-state index in [9.17, 15) is 4.39 Å². The number of aromatic nitrogens is 3. The van der Waals surface area contributed by atoms with Crippen LogP contribution >= 0.6 is 0 Å². The molecule has 2 heterocycles. The van der Waals surface area contributed by atoms with Crippen molar-refractivity contribution >= 4 is 17.5 Å². The number of piperazine rings is 1. The summed E-state index contributed by atoms with van der Waals surface area (Å²) < 4.78 is 14.0. The van der Waals surface area contributed by atoms with E-state index < -0.39 is 0 Å². The topological polar surface area (TPSA) is 48.4 Å². The molecule has 3 aromatic rings. The molecule has 6 nitrogen and oxygen atoms in total. The predicted molar refractivity (Wildman–Crippen MR) is 109 cm³/mol. The molecule has 7 heteroatoms. The molecule has 0 amide bonds. The van der Waals surface area contributed by atoms with Crippen LogP contribution in [0.4, 0.5) is 21.8 Å². The van der Waals surface area contributed by atoms with Crippen molar-refractivity contribution in [3.63, 3.8) is 0 Å². The summed E-state index contributed by atoms with van der Waals surface area (Å²) in [4.78, 5) is 10.9. The Morgan fingerprint density at radius 3 is 2.36 bits per heavy atom. The van der Waals surface area contributed by atoms with Crippen molar-refractivity contribution in [1.82, 2.24) is 15.2 Å². The lowest BCUT2D eigenvalue weighted by Crippen LogP contribution is -2.47. The quantitative estimate of drug-likeness (QED) is 0.680. The van der Waals surface area contributed by atoms with Gasteiger partial charge in [-0.15, -0.1) is 5.10 Å². The second kappa shape index (κ2) is 8.21. The molecule has 0 saturated carbocycles. The van der Waals surface area contributed by atoms with Crippen LogP contribution in [0.15, 0.2) is 60.8 Å². The Hall–Kier alpha value is -3.22. The summed E-state index contributed by atoms with van der Waals surface area (Å²) in [5.74, 6) is 1.22. The molecule has 0 spiro atoms. The van der Waals surface area contributed by atoms with Gasteiger partial charge in [0, 0.05) is 39.8 Å². The van der Waals surface area contributed by atoms with E-state index in [4.69, 9.17) is 4.98 Å². The van der Waals surface area contributed by atoms with Crippen molar-refractivity contribution in [2.75, 3.05) is 47.9 Å². The third-order valence-electron chi connectivity index (χ3n) is 4.94. The van der Waals surface area contributed by atoms with Crippen molar-refractivity contribution in [3.8, 4) is 0 Å². The lowest BCUT2D eigenvalue weighted by atomic mass is 10.2. The minimum absolute atomic E-state index is 0.176. The average molecular weight is 378 g/mol. The van der Waals surface area contributed by atoms with Gasteiger partial charge in [0.25, 0.3) is 0 Å². The molecule has 0 atom stereocenters. The maximum Gasteiger partial charge on any atom is 0.247 e. The van der Waals surface area contributed by atoms with Crippen molar-refractivity contribution in [2.24, 2.45) is 0 Å². The molecule has 144 valence electrons. The maximum atomic E-state index is 14.0. The van der Waals surface area contributed by atoms with E-state index in [1.807, 2.05) is 42.3 Å². The van der Waals surface area contributed by atoms with Crippen molar-refractivity contribution < 1.29 is 4.39 Å². The third kappa shape index (κ3) is 4.03. The predicted octanol–water partition coefficient (Wildman–Crippen LogP) is 2.97. The van der Waals surface area contributed by atoms with Gasteiger partial charge in [0.05, 0.1) is 11.9 Å². The van der Waals surface area contributed by atoms with Crippen molar-refractivity contribution in [2.45, 2.75) is 6.54 Å². The molecule has 1 aliphatic heterocycles. The van der Waals surface area contributed by atoms with Crippen molar-refractivity contribution in [1.29, 1.82) is 0 Å². The zero-order chi connectivity index (χ0) is 19.3. The summed E-state index contributed by atoms with van der Waals surface area (Å²) >= 11 is 0. The van der Waals surface area contributed by atoms with E-state index in [-0.39, 0.29) is 5.82 Å². The second-order valence-corrected chi connectivity index (χ2v) is 6.88. The Morgan fingerprint density at radius 2 is 1.61 bits per heavy atom. The first kappa shape index (κ1) is 18.2. The smallest absolute Gasteiger partial charge is 0.247 e. The monoisotopic (exact) mass is 378 g/mol. The fourth-order valence-electron chi connectivity index (χ4n) is 3.41. The minimum atomic E-state index is -0.176. The van der Waals surface area contributed by atoms with Gasteiger partial charge in [0.15, 0.2) is 5.82 Å². The van der Waals surface area contributed by atoms with E-state index in [1.54, 1.807) is 12.3 Å². The lowest BCUT2D eigenvalue weighted by Gasteiger charge is -2.36. The van der Waals surface area contributed by atoms with Crippen molar-refractivity contribution in [3.05, 3.63) is 72.2 Å². The summed E-state index contributed by atoms with van der Waals surface area (Å²) in [6.45, 7) is 3.71. The minimum Gasteiger partial charge on any atom is -0.366 e. The van der Waals surface area contributed by atoms with Gasteiger partial charge in [-0.1, -0.05) is 42.5 Å². The molecule has 0 unspecified atom stereocenters. The zero-order valence-corrected chi connectivity index (χ0v) is 15.9. The number of hydrogen-bond acceptors (Lipinski definition) is 6. The molecule has 0 N–H and O–H groups in total. The van der Waals surface area contributed by atoms with Crippen LogP contribution in [0, 0.1) is 5.82 Å². The molecule has 0 radical (unpaired) electrons. The molecule has 0 aliphatic carbocycles. The summed E-state index contributed by atoms with van der Waals surface area (Å²) in [7, 11) is 1.96. The summed E-state index contributed by atoms with van der Waals surface area (Å²) in [5.41, 5.74) is 1.85. The van der Waals surface area contributed by atoms with Crippen LogP contribution in [-0.4, -0.2) is 48.4 Å². The number of rotatable bonds is 5. The van der Waals surface area contributed by atoms with E-state index in [1.165, 1.54) is 11.6 Å². The molecule has 2 aromatic carbocycles. The van der Waals surface area contributed by atoms with Gasteiger partial charge in [-0.3, -0.25) is 0 Å². The number of nitrogens with zero attached hydrogens (tertiary/aromatic N) is 6. The molecule has 4 rings (SSSR count). The van der Waals surface area contributed by atoms with Crippen LogP contribution < -0.4 is 14.7 Å². The third-order valence-corrected chi connectivity index (χ3v) is 4.94. The molecule has 1 saturated heterocycles. The van der Waals surface area contributed by atoms with E-state index in [0.717, 1.165) is 32.0 Å². The Bertz CT molecular complexity index is 912. The SMILES string of the molecule is CN(Cc1ccccc1)c1nncc(N2CCN(c3ccccc3F)CC2)n1. The molecule has 0 bridgehead atoms. The number of benzene rings is 2.